The second-order valence-corrected chi connectivity index (χ2v) is 15.0. The van der Waals surface area contributed by atoms with Gasteiger partial charge in [-0.25, -0.2) is 0 Å². The van der Waals surface area contributed by atoms with E-state index < -0.39 is 17.8 Å². The van der Waals surface area contributed by atoms with E-state index in [0.717, 1.165) is 56.0 Å². The highest BCUT2D eigenvalue weighted by Gasteiger charge is 2.67. The van der Waals surface area contributed by atoms with Crippen molar-refractivity contribution in [3.8, 4) is 11.5 Å². The third kappa shape index (κ3) is 3.21. The number of rotatable bonds is 1. The number of likely N-dealkylation sites (N-methyl/N-ethyl adjacent to an activating group) is 1. The van der Waals surface area contributed by atoms with Gasteiger partial charge < -0.3 is 39.3 Å². The summed E-state index contributed by atoms with van der Waals surface area (Å²) >= 11 is 0. The summed E-state index contributed by atoms with van der Waals surface area (Å²) < 4.78 is 18.1. The summed E-state index contributed by atoms with van der Waals surface area (Å²) in [4.78, 5) is 4.93. The van der Waals surface area contributed by atoms with Crippen LogP contribution in [-0.4, -0.2) is 102 Å². The zero-order valence-corrected chi connectivity index (χ0v) is 26.1. The van der Waals surface area contributed by atoms with Gasteiger partial charge in [0.15, 0.2) is 11.5 Å². The summed E-state index contributed by atoms with van der Waals surface area (Å²) in [5, 5.41) is 31.9. The Bertz CT molecular complexity index is 1560. The molecule has 3 fully saturated rings. The molecule has 10 rings (SSSR count). The van der Waals surface area contributed by atoms with Crippen LogP contribution in [0.2, 0.25) is 0 Å². The van der Waals surface area contributed by atoms with Gasteiger partial charge in [-0.05, 0) is 77.0 Å². The third-order valence-corrected chi connectivity index (χ3v) is 13.1. The highest BCUT2D eigenvalue weighted by atomic mass is 16.5. The maximum absolute atomic E-state index is 10.8. The number of aliphatic hydroxyl groups is 3. The van der Waals surface area contributed by atoms with Gasteiger partial charge in [0.25, 0.3) is 0 Å². The van der Waals surface area contributed by atoms with E-state index in [1.165, 1.54) is 22.3 Å². The second-order valence-electron chi connectivity index (χ2n) is 15.0. The molecule has 2 spiro atoms. The molecule has 4 bridgehead atoms. The van der Waals surface area contributed by atoms with Gasteiger partial charge in [0, 0.05) is 52.3 Å². The predicted molar refractivity (Wildman–Crippen MR) is 164 cm³/mol. The first kappa shape index (κ1) is 27.7. The topological polar surface area (TPSA) is 94.9 Å². The first-order valence-corrected chi connectivity index (χ1v) is 16.5. The molecule has 11 atom stereocenters. The number of hydrogen-bond donors (Lipinski definition) is 3. The monoisotopic (exact) mass is 600 g/mol. The van der Waals surface area contributed by atoms with E-state index in [1.807, 2.05) is 25.1 Å². The molecular weight excluding hydrogens is 556 g/mol. The van der Waals surface area contributed by atoms with Crippen molar-refractivity contribution in [3.05, 3.63) is 70.5 Å². The van der Waals surface area contributed by atoms with E-state index >= 15 is 0 Å². The van der Waals surface area contributed by atoms with Crippen molar-refractivity contribution in [3.63, 3.8) is 0 Å². The van der Waals surface area contributed by atoms with E-state index in [4.69, 9.17) is 14.2 Å². The van der Waals surface area contributed by atoms with E-state index in [9.17, 15) is 15.3 Å². The smallest absolute Gasteiger partial charge is 0.165 e. The third-order valence-electron chi connectivity index (χ3n) is 13.1. The molecule has 8 heteroatoms. The number of nitrogens with zero attached hydrogens (tertiary/aromatic N) is 2. The van der Waals surface area contributed by atoms with Crippen molar-refractivity contribution in [2.45, 2.75) is 86.5 Å². The van der Waals surface area contributed by atoms with Gasteiger partial charge in [-0.3, -0.25) is 0 Å². The van der Waals surface area contributed by atoms with Crippen molar-refractivity contribution < 1.29 is 29.5 Å². The first-order chi connectivity index (χ1) is 21.1. The van der Waals surface area contributed by atoms with Crippen LogP contribution in [0.15, 0.2) is 59.4 Å². The molecule has 0 amide bonds. The molecule has 8 nitrogen and oxygen atoms in total. The molecule has 1 unspecified atom stereocenters. The highest BCUT2D eigenvalue weighted by Crippen LogP contribution is 2.66. The molecule has 1 saturated carbocycles. The number of hydrogen-bond acceptors (Lipinski definition) is 8. The van der Waals surface area contributed by atoms with Gasteiger partial charge in [0.05, 0.1) is 7.11 Å². The zero-order chi connectivity index (χ0) is 30.3. The molecule has 1 aromatic rings. The van der Waals surface area contributed by atoms with Crippen LogP contribution in [0.1, 0.15) is 43.7 Å². The molecule has 9 aliphatic rings. The Morgan fingerprint density at radius 1 is 0.864 bits per heavy atom. The molecule has 0 radical (unpaired) electrons. The van der Waals surface area contributed by atoms with E-state index in [2.05, 4.69) is 48.2 Å². The van der Waals surface area contributed by atoms with Gasteiger partial charge in [-0.1, -0.05) is 36.4 Å². The molecule has 4 aliphatic heterocycles. The Labute approximate surface area is 259 Å². The molecule has 5 aliphatic carbocycles. The Hall–Kier alpha value is -2.62. The van der Waals surface area contributed by atoms with Crippen molar-refractivity contribution in [2.75, 3.05) is 34.3 Å². The summed E-state index contributed by atoms with van der Waals surface area (Å²) in [6, 6.07) is 5.17. The fraction of sp³-hybridized carbons (Fsp3) is 0.611. The number of benzene rings is 1. The lowest BCUT2D eigenvalue weighted by atomic mass is 9.51. The van der Waals surface area contributed by atoms with Gasteiger partial charge in [-0.15, -0.1) is 0 Å². The van der Waals surface area contributed by atoms with Crippen molar-refractivity contribution in [1.82, 2.24) is 9.80 Å². The van der Waals surface area contributed by atoms with Gasteiger partial charge in [0.1, 0.15) is 35.8 Å². The number of aliphatic hydroxyl groups excluding tert-OH is 2. The van der Waals surface area contributed by atoms with E-state index in [-0.39, 0.29) is 23.0 Å². The fourth-order valence-corrected chi connectivity index (χ4v) is 11.0. The van der Waals surface area contributed by atoms with Crippen LogP contribution < -0.4 is 9.47 Å². The second kappa shape index (κ2) is 9.01. The van der Waals surface area contributed by atoms with Gasteiger partial charge >= 0.3 is 0 Å². The SMILES string of the molecule is CN1CC[C@]23C4=C5O[C@H]2[C@@H](O)C=C[C@H]3[C@H]1CC4=CCC5(C)O.COc1ccc2c3c1O[C@H]1[C@@H](O)C=C[C@H]4[C@@H](C2)N(C)CC[C@@]341. The minimum absolute atomic E-state index is 0.0806. The molecule has 2 saturated heterocycles. The quantitative estimate of drug-likeness (QED) is 0.424. The fourth-order valence-electron chi connectivity index (χ4n) is 11.0. The van der Waals surface area contributed by atoms with E-state index in [1.54, 1.807) is 7.11 Å². The lowest BCUT2D eigenvalue weighted by Gasteiger charge is -2.58. The highest BCUT2D eigenvalue weighted by molar-refractivity contribution is 5.62. The largest absolute Gasteiger partial charge is 0.493 e. The molecule has 234 valence electrons. The predicted octanol–water partition coefficient (Wildman–Crippen LogP) is 2.86. The Morgan fingerprint density at radius 2 is 1.50 bits per heavy atom. The normalized spacial score (nSPS) is 46.7. The maximum Gasteiger partial charge on any atom is 0.165 e. The van der Waals surface area contributed by atoms with Crippen LogP contribution in [-0.2, 0) is 16.6 Å². The average molecular weight is 601 g/mol. The van der Waals surface area contributed by atoms with Gasteiger partial charge in [-0.2, -0.15) is 0 Å². The van der Waals surface area contributed by atoms with Crippen LogP contribution in [0.4, 0.5) is 0 Å². The van der Waals surface area contributed by atoms with Crippen molar-refractivity contribution in [1.29, 1.82) is 0 Å². The summed E-state index contributed by atoms with van der Waals surface area (Å²) in [5.41, 5.74) is 4.10. The lowest BCUT2D eigenvalue weighted by Crippen LogP contribution is -2.64. The summed E-state index contributed by atoms with van der Waals surface area (Å²) in [7, 11) is 6.11. The van der Waals surface area contributed by atoms with Crippen LogP contribution in [0.3, 0.4) is 0 Å². The van der Waals surface area contributed by atoms with Crippen LogP contribution in [0.25, 0.3) is 0 Å². The number of piperidine rings is 2. The van der Waals surface area contributed by atoms with Crippen molar-refractivity contribution >= 4 is 0 Å². The number of ether oxygens (including phenoxy) is 3. The molecule has 1 aromatic carbocycles. The summed E-state index contributed by atoms with van der Waals surface area (Å²) in [6.45, 7) is 3.91. The summed E-state index contributed by atoms with van der Waals surface area (Å²) in [6.07, 6.45) is 13.7. The Morgan fingerprint density at radius 3 is 2.20 bits per heavy atom. The standard InChI is InChI=1S/C18H21NO3.C18H23NO3/c1-19-8-7-18-11-4-5-13(20)17(18)22-16-14(21-2)6-3-10(15(16)18)9-12(11)19;1-17(21)6-5-10-9-12-11-3-4-13(20)15-18(11,7-8-19(12)2)14(10)16(17)22-15/h3-6,11-13,17,20H,7-9H2,1-2H3;3-5,11-13,15,20-21H,6-9H2,1-2H3/t11-,12+,13-,17-,18-;11-,12+,13-,15-,17?,18-/m00/s1. The molecule has 44 heavy (non-hydrogen) atoms. The summed E-state index contributed by atoms with van der Waals surface area (Å²) in [5.74, 6) is 3.20. The van der Waals surface area contributed by atoms with Crippen LogP contribution in [0.5, 0.6) is 11.5 Å². The minimum atomic E-state index is -0.939. The van der Waals surface area contributed by atoms with E-state index in [0.29, 0.717) is 30.3 Å². The number of likely N-dealkylation sites (tertiary alicyclic amines) is 2. The molecule has 3 N–H and O–H groups in total. The Kier molecular flexibility index (Phi) is 5.66. The van der Waals surface area contributed by atoms with Gasteiger partial charge in [0.2, 0.25) is 0 Å². The lowest BCUT2D eigenvalue weighted by molar-refractivity contribution is -0.101. The van der Waals surface area contributed by atoms with Crippen LogP contribution in [0, 0.1) is 17.3 Å². The average Bonchev–Trinajstić information content (AvgIpc) is 3.55. The first-order valence-electron chi connectivity index (χ1n) is 16.5. The number of methoxy groups -OCH3 is 1. The zero-order valence-electron chi connectivity index (χ0n) is 26.1. The Balaban J connectivity index is 0.000000123. The molecule has 0 aromatic heterocycles. The van der Waals surface area contributed by atoms with Crippen molar-refractivity contribution in [2.24, 2.45) is 17.3 Å². The van der Waals surface area contributed by atoms with Crippen LogP contribution >= 0.6 is 0 Å². The molecule has 4 heterocycles. The molecular formula is C36H44N2O6. The maximum atomic E-state index is 10.8. The minimum Gasteiger partial charge on any atom is -0.493 e.